The third-order valence-corrected chi connectivity index (χ3v) is 2.83. The van der Waals surface area contributed by atoms with Crippen LogP contribution in [0.25, 0.3) is 0 Å². The normalized spacial score (nSPS) is 12.1. The molecule has 2 rings (SSSR count). The van der Waals surface area contributed by atoms with Crippen molar-refractivity contribution in [3.05, 3.63) is 66.1 Å². The number of anilines is 1. The highest BCUT2D eigenvalue weighted by Gasteiger charge is 2.14. The second-order valence-electron chi connectivity index (χ2n) is 4.74. The predicted octanol–water partition coefficient (Wildman–Crippen LogP) is 4.71. The van der Waals surface area contributed by atoms with E-state index in [0.717, 1.165) is 23.4 Å². The maximum absolute atomic E-state index is 5.49. The van der Waals surface area contributed by atoms with E-state index in [0.29, 0.717) is 0 Å². The van der Waals surface area contributed by atoms with Crippen LogP contribution in [0.15, 0.2) is 59.2 Å². The van der Waals surface area contributed by atoms with Gasteiger partial charge in [-0.3, -0.25) is 0 Å². The molecule has 0 aliphatic carbocycles. The van der Waals surface area contributed by atoms with Crippen molar-refractivity contribution in [2.24, 2.45) is 0 Å². The maximum atomic E-state index is 5.49. The zero-order valence-electron chi connectivity index (χ0n) is 10.9. The Morgan fingerprint density at radius 3 is 2.56 bits per heavy atom. The third kappa shape index (κ3) is 3.27. The van der Waals surface area contributed by atoms with Gasteiger partial charge in [-0.1, -0.05) is 23.3 Å². The van der Waals surface area contributed by atoms with Crippen LogP contribution < -0.4 is 5.32 Å². The lowest BCUT2D eigenvalue weighted by Gasteiger charge is -2.18. The first-order valence-electron chi connectivity index (χ1n) is 6.16. The van der Waals surface area contributed by atoms with E-state index >= 15 is 0 Å². The molecule has 1 atom stereocenters. The fourth-order valence-electron chi connectivity index (χ4n) is 1.91. The molecular formula is C16H19NO. The van der Waals surface area contributed by atoms with Gasteiger partial charge in [-0.05, 0) is 44.5 Å². The van der Waals surface area contributed by atoms with Gasteiger partial charge in [0.1, 0.15) is 5.76 Å². The SMILES string of the molecule is C=C(C)CC(Nc1ccc(C)cc1)c1ccco1. The predicted molar refractivity (Wildman–Crippen MR) is 75.7 cm³/mol. The van der Waals surface area contributed by atoms with Crippen LogP contribution in [0.1, 0.15) is 30.7 Å². The van der Waals surface area contributed by atoms with E-state index in [2.05, 4.69) is 43.1 Å². The van der Waals surface area contributed by atoms with E-state index in [4.69, 9.17) is 4.42 Å². The Labute approximate surface area is 108 Å². The van der Waals surface area contributed by atoms with Gasteiger partial charge in [0, 0.05) is 5.69 Å². The molecule has 18 heavy (non-hydrogen) atoms. The van der Waals surface area contributed by atoms with Gasteiger partial charge in [0.15, 0.2) is 0 Å². The van der Waals surface area contributed by atoms with E-state index in [9.17, 15) is 0 Å². The Morgan fingerprint density at radius 2 is 2.00 bits per heavy atom. The van der Waals surface area contributed by atoms with Crippen molar-refractivity contribution in [2.45, 2.75) is 26.3 Å². The van der Waals surface area contributed by atoms with E-state index in [1.165, 1.54) is 5.56 Å². The molecule has 0 bridgehead atoms. The summed E-state index contributed by atoms with van der Waals surface area (Å²) >= 11 is 0. The number of nitrogens with one attached hydrogen (secondary N) is 1. The zero-order valence-corrected chi connectivity index (χ0v) is 10.9. The first kappa shape index (κ1) is 12.5. The fraction of sp³-hybridized carbons (Fsp3) is 0.250. The molecule has 0 aliphatic rings. The fourth-order valence-corrected chi connectivity index (χ4v) is 1.91. The minimum Gasteiger partial charge on any atom is -0.467 e. The Bertz CT molecular complexity index is 496. The van der Waals surface area contributed by atoms with Gasteiger partial charge >= 0.3 is 0 Å². The number of hydrogen-bond donors (Lipinski definition) is 1. The van der Waals surface area contributed by atoms with Gasteiger partial charge in [0.05, 0.1) is 12.3 Å². The summed E-state index contributed by atoms with van der Waals surface area (Å²) in [5.74, 6) is 0.943. The van der Waals surface area contributed by atoms with E-state index < -0.39 is 0 Å². The number of benzene rings is 1. The number of furan rings is 1. The van der Waals surface area contributed by atoms with Gasteiger partial charge in [-0.25, -0.2) is 0 Å². The maximum Gasteiger partial charge on any atom is 0.126 e. The first-order valence-corrected chi connectivity index (χ1v) is 6.16. The van der Waals surface area contributed by atoms with Crippen molar-refractivity contribution in [2.75, 3.05) is 5.32 Å². The highest BCUT2D eigenvalue weighted by molar-refractivity contribution is 5.46. The molecule has 0 amide bonds. The van der Waals surface area contributed by atoms with Crippen LogP contribution in [0.2, 0.25) is 0 Å². The molecule has 1 heterocycles. The van der Waals surface area contributed by atoms with Gasteiger partial charge in [0.2, 0.25) is 0 Å². The summed E-state index contributed by atoms with van der Waals surface area (Å²) in [7, 11) is 0. The molecule has 1 unspecified atom stereocenters. The van der Waals surface area contributed by atoms with Crippen LogP contribution in [0.4, 0.5) is 5.69 Å². The second-order valence-corrected chi connectivity index (χ2v) is 4.74. The number of hydrogen-bond acceptors (Lipinski definition) is 2. The van der Waals surface area contributed by atoms with Crippen LogP contribution in [0, 0.1) is 6.92 Å². The van der Waals surface area contributed by atoms with Crippen molar-refractivity contribution >= 4 is 5.69 Å². The highest BCUT2D eigenvalue weighted by Crippen LogP contribution is 2.25. The average Bonchev–Trinajstić information content (AvgIpc) is 2.84. The Hall–Kier alpha value is -1.96. The van der Waals surface area contributed by atoms with Crippen molar-refractivity contribution in [3.8, 4) is 0 Å². The molecule has 0 saturated carbocycles. The minimum absolute atomic E-state index is 0.139. The molecule has 1 aromatic heterocycles. The van der Waals surface area contributed by atoms with Crippen LogP contribution in [0.5, 0.6) is 0 Å². The van der Waals surface area contributed by atoms with Crippen LogP contribution >= 0.6 is 0 Å². The monoisotopic (exact) mass is 241 g/mol. The van der Waals surface area contributed by atoms with E-state index in [1.54, 1.807) is 6.26 Å². The lowest BCUT2D eigenvalue weighted by molar-refractivity contribution is 0.477. The molecule has 0 radical (unpaired) electrons. The topological polar surface area (TPSA) is 25.2 Å². The molecule has 1 N–H and O–H groups in total. The molecule has 0 spiro atoms. The summed E-state index contributed by atoms with van der Waals surface area (Å²) in [5, 5.41) is 3.49. The average molecular weight is 241 g/mol. The standard InChI is InChI=1S/C16H19NO/c1-12(2)11-15(16-5-4-10-18-16)17-14-8-6-13(3)7-9-14/h4-10,15,17H,1,11H2,2-3H3. The summed E-state index contributed by atoms with van der Waals surface area (Å²) < 4.78 is 5.49. The molecule has 0 fully saturated rings. The lowest BCUT2D eigenvalue weighted by atomic mass is 10.1. The summed E-state index contributed by atoms with van der Waals surface area (Å²) in [5.41, 5.74) is 3.49. The molecular weight excluding hydrogens is 222 g/mol. The Balaban J connectivity index is 2.15. The third-order valence-electron chi connectivity index (χ3n) is 2.83. The number of aryl methyl sites for hydroxylation is 1. The lowest BCUT2D eigenvalue weighted by Crippen LogP contribution is -2.10. The summed E-state index contributed by atoms with van der Waals surface area (Å²) in [6, 6.07) is 12.4. The Morgan fingerprint density at radius 1 is 1.28 bits per heavy atom. The van der Waals surface area contributed by atoms with E-state index in [1.807, 2.05) is 19.1 Å². The molecule has 94 valence electrons. The summed E-state index contributed by atoms with van der Waals surface area (Å²) in [6.07, 6.45) is 2.57. The van der Waals surface area contributed by atoms with Crippen LogP contribution in [-0.2, 0) is 0 Å². The summed E-state index contributed by atoms with van der Waals surface area (Å²) in [6.45, 7) is 8.10. The van der Waals surface area contributed by atoms with Crippen LogP contribution in [0.3, 0.4) is 0 Å². The van der Waals surface area contributed by atoms with E-state index in [-0.39, 0.29) is 6.04 Å². The van der Waals surface area contributed by atoms with Crippen molar-refractivity contribution < 1.29 is 4.42 Å². The zero-order chi connectivity index (χ0) is 13.0. The van der Waals surface area contributed by atoms with Crippen molar-refractivity contribution in [1.29, 1.82) is 0 Å². The second kappa shape index (κ2) is 5.58. The molecule has 0 saturated heterocycles. The quantitative estimate of drug-likeness (QED) is 0.767. The van der Waals surface area contributed by atoms with Gasteiger partial charge < -0.3 is 9.73 Å². The molecule has 2 nitrogen and oxygen atoms in total. The minimum atomic E-state index is 0.139. The number of rotatable bonds is 5. The molecule has 2 heteroatoms. The van der Waals surface area contributed by atoms with Crippen LogP contribution in [-0.4, -0.2) is 0 Å². The van der Waals surface area contributed by atoms with Gasteiger partial charge in [-0.2, -0.15) is 0 Å². The van der Waals surface area contributed by atoms with Crippen molar-refractivity contribution in [1.82, 2.24) is 0 Å². The van der Waals surface area contributed by atoms with Gasteiger partial charge in [-0.15, -0.1) is 6.58 Å². The largest absolute Gasteiger partial charge is 0.467 e. The first-order chi connectivity index (χ1) is 8.65. The smallest absolute Gasteiger partial charge is 0.126 e. The molecule has 0 aliphatic heterocycles. The molecule has 2 aromatic rings. The molecule has 1 aromatic carbocycles. The summed E-state index contributed by atoms with van der Waals surface area (Å²) in [4.78, 5) is 0. The highest BCUT2D eigenvalue weighted by atomic mass is 16.3. The van der Waals surface area contributed by atoms with Crippen molar-refractivity contribution in [3.63, 3.8) is 0 Å². The van der Waals surface area contributed by atoms with Gasteiger partial charge in [0.25, 0.3) is 0 Å². The Kier molecular flexibility index (Phi) is 3.88.